The number of esters is 1. The van der Waals surface area contributed by atoms with E-state index in [1.807, 2.05) is 0 Å². The number of hydrogen-bond donors (Lipinski definition) is 0. The van der Waals surface area contributed by atoms with Crippen LogP contribution in [0.3, 0.4) is 0 Å². The molecule has 0 N–H and O–H groups in total. The predicted octanol–water partition coefficient (Wildman–Crippen LogP) is 0.342. The monoisotopic (exact) mass is 243 g/mol. The first-order valence-corrected chi connectivity index (χ1v) is 5.69. The van der Waals surface area contributed by atoms with Crippen molar-refractivity contribution in [2.24, 2.45) is 5.92 Å². The average molecular weight is 243 g/mol. The summed E-state index contributed by atoms with van der Waals surface area (Å²) >= 11 is 0. The average Bonchev–Trinajstić information content (AvgIpc) is 2.34. The molecule has 1 aliphatic heterocycles. The Balaban J connectivity index is 2.28. The molecule has 2 rings (SSSR count). The second-order valence-corrected chi connectivity index (χ2v) is 4.22. The van der Waals surface area contributed by atoms with Crippen molar-refractivity contribution in [3.63, 3.8) is 0 Å². The maximum atomic E-state index is 11.7. The highest BCUT2D eigenvalue weighted by molar-refractivity contribution is 5.86. The third-order valence-electron chi connectivity index (χ3n) is 3.03. The topological polar surface area (TPSA) is 46.6 Å². The van der Waals surface area contributed by atoms with Crippen LogP contribution in [0.25, 0.3) is 0 Å². The van der Waals surface area contributed by atoms with E-state index in [-0.39, 0.29) is 17.9 Å². The zero-order chi connectivity index (χ0) is 13.1. The Kier molecular flexibility index (Phi) is 3.39. The van der Waals surface area contributed by atoms with E-state index in [9.17, 15) is 9.59 Å². The van der Waals surface area contributed by atoms with E-state index < -0.39 is 12.1 Å². The Labute approximate surface area is 106 Å². The zero-order valence-electron chi connectivity index (χ0n) is 10.3. The van der Waals surface area contributed by atoms with Gasteiger partial charge < -0.3 is 9.64 Å². The molecule has 1 fully saturated rings. The Morgan fingerprint density at radius 3 is 2.89 bits per heavy atom. The molecule has 4 nitrogen and oxygen atoms in total. The smallest absolute Gasteiger partial charge is 0.303 e. The Morgan fingerprint density at radius 2 is 2.17 bits per heavy atom. The molecule has 0 aromatic carbocycles. The van der Waals surface area contributed by atoms with Gasteiger partial charge in [0.25, 0.3) is 0 Å². The van der Waals surface area contributed by atoms with Gasteiger partial charge in [-0.3, -0.25) is 9.59 Å². The van der Waals surface area contributed by atoms with Crippen molar-refractivity contribution in [1.29, 1.82) is 0 Å². The molecule has 1 heterocycles. The van der Waals surface area contributed by atoms with E-state index in [0.717, 1.165) is 0 Å². The van der Waals surface area contributed by atoms with Gasteiger partial charge >= 0.3 is 5.97 Å². The molecule has 0 aromatic rings. The number of likely N-dealkylation sites (N-methyl/N-ethyl adjacent to an activating group) is 1. The quantitative estimate of drug-likeness (QED) is 0.379. The largest absolute Gasteiger partial charge is 0.447 e. The first-order chi connectivity index (χ1) is 8.61. The summed E-state index contributed by atoms with van der Waals surface area (Å²) < 4.78 is 5.19. The van der Waals surface area contributed by atoms with Gasteiger partial charge in [0.05, 0.1) is 12.0 Å². The molecule has 0 aromatic heterocycles. The fourth-order valence-corrected chi connectivity index (χ4v) is 2.17. The first kappa shape index (κ1) is 12.3. The first-order valence-electron chi connectivity index (χ1n) is 5.69. The number of rotatable bonds is 1. The number of fused-ring (bicyclic) bond motifs is 1. The van der Waals surface area contributed by atoms with Crippen LogP contribution in [-0.4, -0.2) is 36.0 Å². The molecule has 2 aliphatic rings. The third kappa shape index (κ3) is 2.24. The molecule has 92 valence electrons. The number of allylic oxidation sites excluding steroid dienone is 2. The molecule has 3 atom stereocenters. The summed E-state index contributed by atoms with van der Waals surface area (Å²) in [7, 11) is 1.69. The van der Waals surface area contributed by atoms with E-state index in [2.05, 4.69) is 23.7 Å². The van der Waals surface area contributed by atoms with Crippen LogP contribution in [0.1, 0.15) is 13.3 Å². The fourth-order valence-electron chi connectivity index (χ4n) is 2.17. The minimum absolute atomic E-state index is 0.0257. The number of likely N-dealkylation sites (tertiary alicyclic amines) is 1. The minimum atomic E-state index is -0.584. The minimum Gasteiger partial charge on any atom is -0.447 e. The summed E-state index contributed by atoms with van der Waals surface area (Å²) in [4.78, 5) is 24.4. The van der Waals surface area contributed by atoms with Crippen LogP contribution in [-0.2, 0) is 14.3 Å². The van der Waals surface area contributed by atoms with Gasteiger partial charge in [0.1, 0.15) is 0 Å². The molecule has 0 radical (unpaired) electrons. The molecule has 1 unspecified atom stereocenters. The molecule has 0 bridgehead atoms. The second-order valence-electron chi connectivity index (χ2n) is 4.22. The lowest BCUT2D eigenvalue weighted by Crippen LogP contribution is -2.64. The summed E-state index contributed by atoms with van der Waals surface area (Å²) in [5.74, 6) is 10.8. The van der Waals surface area contributed by atoms with Crippen LogP contribution in [0.4, 0.5) is 0 Å². The Bertz CT molecular complexity index is 527. The van der Waals surface area contributed by atoms with Crippen molar-refractivity contribution in [3.8, 4) is 23.7 Å². The van der Waals surface area contributed by atoms with Crippen LogP contribution in [0.5, 0.6) is 0 Å². The van der Waals surface area contributed by atoms with Gasteiger partial charge in [-0.05, 0) is 12.2 Å². The van der Waals surface area contributed by atoms with Crippen molar-refractivity contribution in [2.45, 2.75) is 25.5 Å². The summed E-state index contributed by atoms with van der Waals surface area (Å²) in [6, 6.07) is -0.199. The van der Waals surface area contributed by atoms with E-state index in [4.69, 9.17) is 4.74 Å². The molecule has 1 amide bonds. The van der Waals surface area contributed by atoms with Gasteiger partial charge in [0.2, 0.25) is 5.91 Å². The third-order valence-corrected chi connectivity index (χ3v) is 3.03. The van der Waals surface area contributed by atoms with Crippen LogP contribution < -0.4 is 0 Å². The van der Waals surface area contributed by atoms with Crippen molar-refractivity contribution in [2.75, 3.05) is 7.05 Å². The van der Waals surface area contributed by atoms with Crippen molar-refractivity contribution in [3.05, 3.63) is 12.2 Å². The molecular formula is C14H13NO3. The van der Waals surface area contributed by atoms with Gasteiger partial charge in [-0.15, -0.1) is 0 Å². The predicted molar refractivity (Wildman–Crippen MR) is 64.9 cm³/mol. The fraction of sp³-hybridized carbons (Fsp3) is 0.429. The van der Waals surface area contributed by atoms with E-state index in [0.29, 0.717) is 6.42 Å². The van der Waals surface area contributed by atoms with Gasteiger partial charge in [0.15, 0.2) is 6.10 Å². The van der Waals surface area contributed by atoms with Gasteiger partial charge in [-0.25, -0.2) is 0 Å². The highest BCUT2D eigenvalue weighted by Crippen LogP contribution is 2.31. The van der Waals surface area contributed by atoms with Crippen LogP contribution in [0.15, 0.2) is 12.2 Å². The van der Waals surface area contributed by atoms with E-state index in [1.165, 1.54) is 6.92 Å². The summed E-state index contributed by atoms with van der Waals surface area (Å²) in [5, 5.41) is 0. The summed E-state index contributed by atoms with van der Waals surface area (Å²) in [6.45, 7) is 1.34. The number of amides is 1. The highest BCUT2D eigenvalue weighted by atomic mass is 16.5. The van der Waals surface area contributed by atoms with Crippen LogP contribution in [0.2, 0.25) is 0 Å². The molecular weight excluding hydrogens is 230 g/mol. The number of β-lactam (4-membered cyclic amide) rings is 1. The number of nitrogens with zero attached hydrogens (tertiary/aromatic N) is 1. The summed E-state index contributed by atoms with van der Waals surface area (Å²) in [6.07, 6.45) is 3.13. The maximum Gasteiger partial charge on any atom is 0.303 e. The van der Waals surface area contributed by atoms with Gasteiger partial charge in [-0.2, -0.15) is 0 Å². The lowest BCUT2D eigenvalue weighted by atomic mass is 9.82. The Hall–Kier alpha value is -2.20. The van der Waals surface area contributed by atoms with Crippen LogP contribution >= 0.6 is 0 Å². The lowest BCUT2D eigenvalue weighted by molar-refractivity contribution is -0.167. The summed E-state index contributed by atoms with van der Waals surface area (Å²) in [5.41, 5.74) is 0. The lowest BCUT2D eigenvalue weighted by Gasteiger charge is -2.46. The van der Waals surface area contributed by atoms with Crippen molar-refractivity contribution in [1.82, 2.24) is 4.90 Å². The van der Waals surface area contributed by atoms with Gasteiger partial charge in [0, 0.05) is 20.4 Å². The maximum absolute atomic E-state index is 11.7. The molecule has 0 saturated carbocycles. The van der Waals surface area contributed by atoms with E-state index in [1.54, 1.807) is 24.1 Å². The van der Waals surface area contributed by atoms with Crippen LogP contribution in [0, 0.1) is 29.6 Å². The standard InChI is InChI=1S/C14H13NO3/c1-10(16)18-12-9-7-5-3-4-6-8-11-13(12)15(2)14(11)17/h3,5,11-13H,8H2,1-2H3/b5-3-/t11-,12?,13+/m1/s1. The molecule has 0 spiro atoms. The molecule has 1 saturated heterocycles. The number of carbonyl (C=O) groups excluding carboxylic acids is 2. The number of carbonyl (C=O) groups is 2. The zero-order valence-corrected chi connectivity index (χ0v) is 10.3. The van der Waals surface area contributed by atoms with E-state index >= 15 is 0 Å². The second kappa shape index (κ2) is 4.98. The number of ether oxygens (including phenoxy) is 1. The SMILES string of the molecule is CC(=O)OC1C#C/C=C\C#CC[C@H]2C(=O)N(C)[C@H]12. The number of hydrogen-bond acceptors (Lipinski definition) is 3. The highest BCUT2D eigenvalue weighted by Gasteiger charge is 2.49. The molecule has 1 aliphatic carbocycles. The Morgan fingerprint density at radius 1 is 1.44 bits per heavy atom. The molecule has 18 heavy (non-hydrogen) atoms. The van der Waals surface area contributed by atoms with Crippen molar-refractivity contribution < 1.29 is 14.3 Å². The van der Waals surface area contributed by atoms with Gasteiger partial charge in [-0.1, -0.05) is 23.7 Å². The normalized spacial score (nSPS) is 30.7. The molecule has 4 heteroatoms. The van der Waals surface area contributed by atoms with Crippen molar-refractivity contribution >= 4 is 11.9 Å².